The van der Waals surface area contributed by atoms with Crippen LogP contribution in [0.5, 0.6) is 17.2 Å². The van der Waals surface area contributed by atoms with Gasteiger partial charge in [0, 0.05) is 37.8 Å². The molecule has 1 fully saturated rings. The summed E-state index contributed by atoms with van der Waals surface area (Å²) in [5, 5.41) is 3.43. The normalized spacial score (nSPS) is 16.8. The van der Waals surface area contributed by atoms with E-state index in [0.29, 0.717) is 23.5 Å². The quantitative estimate of drug-likeness (QED) is 0.765. The van der Waals surface area contributed by atoms with E-state index in [9.17, 15) is 0 Å². The van der Waals surface area contributed by atoms with Gasteiger partial charge in [-0.2, -0.15) is 0 Å². The van der Waals surface area contributed by atoms with E-state index in [4.69, 9.17) is 14.2 Å². The number of ether oxygens (including phenoxy) is 3. The Morgan fingerprint density at radius 2 is 1.60 bits per heavy atom. The number of hydrogen-bond donors (Lipinski definition) is 1. The van der Waals surface area contributed by atoms with Crippen molar-refractivity contribution in [2.75, 3.05) is 47.5 Å². The molecule has 5 nitrogen and oxygen atoms in total. The first-order valence-corrected chi connectivity index (χ1v) is 8.41. The van der Waals surface area contributed by atoms with Crippen LogP contribution in [-0.2, 0) is 0 Å². The zero-order valence-electron chi connectivity index (χ0n) is 15.8. The molecule has 1 saturated heterocycles. The molecule has 1 unspecified atom stereocenters. The molecule has 0 aromatic heterocycles. The average Bonchev–Trinajstić information content (AvgIpc) is 2.61. The highest BCUT2D eigenvalue weighted by Crippen LogP contribution is 2.45. The highest BCUT2D eigenvalue weighted by Gasteiger charge is 2.31. The Morgan fingerprint density at radius 1 is 1.00 bits per heavy atom. The van der Waals surface area contributed by atoms with E-state index in [2.05, 4.69) is 30.1 Å². The summed E-state index contributed by atoms with van der Waals surface area (Å²) >= 11 is 0. The summed E-state index contributed by atoms with van der Waals surface area (Å²) in [4.78, 5) is 2.55. The zero-order chi connectivity index (χ0) is 16.8. The first kappa shape index (κ1) is 24.1. The summed E-state index contributed by atoms with van der Waals surface area (Å²) in [5.41, 5.74) is 1.18. The van der Waals surface area contributed by atoms with Gasteiger partial charge in [0.2, 0.25) is 5.75 Å². The van der Waals surface area contributed by atoms with Gasteiger partial charge in [-0.1, -0.05) is 20.3 Å². The lowest BCUT2D eigenvalue weighted by Crippen LogP contribution is -2.46. The second-order valence-corrected chi connectivity index (χ2v) is 6.04. The van der Waals surface area contributed by atoms with E-state index < -0.39 is 0 Å². The van der Waals surface area contributed by atoms with Gasteiger partial charge in [0.25, 0.3) is 0 Å². The monoisotopic (exact) mass is 394 g/mol. The van der Waals surface area contributed by atoms with Gasteiger partial charge >= 0.3 is 0 Å². The predicted octanol–water partition coefficient (Wildman–Crippen LogP) is 3.55. The molecule has 0 amide bonds. The molecule has 1 aliphatic rings. The minimum atomic E-state index is 0. The van der Waals surface area contributed by atoms with Crippen LogP contribution in [0, 0.1) is 5.92 Å². The maximum absolute atomic E-state index is 5.73. The zero-order valence-corrected chi connectivity index (χ0v) is 17.5. The average molecular weight is 395 g/mol. The van der Waals surface area contributed by atoms with Gasteiger partial charge in [-0.25, -0.2) is 0 Å². The van der Waals surface area contributed by atoms with Gasteiger partial charge < -0.3 is 19.5 Å². The van der Waals surface area contributed by atoms with Crippen molar-refractivity contribution in [3.63, 3.8) is 0 Å². The van der Waals surface area contributed by atoms with Crippen molar-refractivity contribution < 1.29 is 14.2 Å². The minimum absolute atomic E-state index is 0. The number of benzene rings is 1. The molecule has 1 N–H and O–H groups in total. The van der Waals surface area contributed by atoms with Crippen LogP contribution in [0.25, 0.3) is 0 Å². The first-order chi connectivity index (χ1) is 11.2. The van der Waals surface area contributed by atoms with Gasteiger partial charge in [-0.05, 0) is 18.1 Å². The fraction of sp³-hybridized carbons (Fsp3) is 0.667. The number of rotatable bonds is 7. The van der Waals surface area contributed by atoms with E-state index in [0.717, 1.165) is 38.3 Å². The van der Waals surface area contributed by atoms with Crippen LogP contribution in [0.1, 0.15) is 31.9 Å². The third-order valence-electron chi connectivity index (χ3n) is 4.78. The molecule has 0 spiro atoms. The molecule has 0 aliphatic carbocycles. The Kier molecular flexibility index (Phi) is 11.3. The van der Waals surface area contributed by atoms with Crippen molar-refractivity contribution in [3.8, 4) is 17.2 Å². The Morgan fingerprint density at radius 3 is 2.08 bits per heavy atom. The summed E-state index contributed by atoms with van der Waals surface area (Å²) in [6.45, 7) is 8.71. The van der Waals surface area contributed by atoms with Crippen molar-refractivity contribution in [3.05, 3.63) is 17.7 Å². The maximum atomic E-state index is 5.73. The van der Waals surface area contributed by atoms with Crippen molar-refractivity contribution in [2.45, 2.75) is 26.3 Å². The standard InChI is InChI=1S/C18H30N2O3.2ClH/c1-6-13(2)16(20-11-9-19-10-12-20)14-7-8-15(21-3)18(23-5)17(14)22-4;;/h7-8,13,16,19H,6,9-12H2,1-5H3;2*1H/t13?,16-;;/m1../s1. The molecule has 0 radical (unpaired) electrons. The number of nitrogens with one attached hydrogen (secondary N) is 1. The molecule has 25 heavy (non-hydrogen) atoms. The third kappa shape index (κ3) is 5.30. The molecule has 1 aliphatic heterocycles. The van der Waals surface area contributed by atoms with E-state index in [1.807, 2.05) is 6.07 Å². The third-order valence-corrected chi connectivity index (χ3v) is 4.78. The van der Waals surface area contributed by atoms with E-state index >= 15 is 0 Å². The number of hydrogen-bond acceptors (Lipinski definition) is 5. The molecule has 1 aromatic carbocycles. The van der Waals surface area contributed by atoms with Crippen molar-refractivity contribution in [1.29, 1.82) is 0 Å². The Labute approximate surface area is 164 Å². The lowest BCUT2D eigenvalue weighted by molar-refractivity contribution is 0.125. The molecule has 1 aromatic rings. The molecule has 7 heteroatoms. The second kappa shape index (κ2) is 11.7. The topological polar surface area (TPSA) is 43.0 Å². The lowest BCUT2D eigenvalue weighted by Gasteiger charge is -2.39. The molecule has 146 valence electrons. The summed E-state index contributed by atoms with van der Waals surface area (Å²) in [6, 6.07) is 4.42. The van der Waals surface area contributed by atoms with Gasteiger partial charge in [0.1, 0.15) is 0 Å². The molecule has 0 saturated carbocycles. The van der Waals surface area contributed by atoms with E-state index in [-0.39, 0.29) is 24.8 Å². The van der Waals surface area contributed by atoms with Crippen LogP contribution in [0.3, 0.4) is 0 Å². The maximum Gasteiger partial charge on any atom is 0.203 e. The smallest absolute Gasteiger partial charge is 0.203 e. The molecule has 2 atom stereocenters. The SMILES string of the molecule is CCC(C)[C@H](c1ccc(OC)c(OC)c1OC)N1CCNCC1.Cl.Cl. The lowest BCUT2D eigenvalue weighted by atomic mass is 9.89. The van der Waals surface area contributed by atoms with Crippen LogP contribution < -0.4 is 19.5 Å². The van der Waals surface area contributed by atoms with Crippen molar-refractivity contribution in [2.24, 2.45) is 5.92 Å². The fourth-order valence-electron chi connectivity index (χ4n) is 3.40. The van der Waals surface area contributed by atoms with E-state index in [1.165, 1.54) is 5.56 Å². The van der Waals surface area contributed by atoms with Gasteiger partial charge in [0.05, 0.1) is 21.3 Å². The second-order valence-electron chi connectivity index (χ2n) is 6.04. The van der Waals surface area contributed by atoms with Crippen LogP contribution in [0.15, 0.2) is 12.1 Å². The first-order valence-electron chi connectivity index (χ1n) is 8.41. The summed E-state index contributed by atoms with van der Waals surface area (Å²) in [6.07, 6.45) is 1.12. The van der Waals surface area contributed by atoms with Gasteiger partial charge in [0.15, 0.2) is 11.5 Å². The highest BCUT2D eigenvalue weighted by molar-refractivity contribution is 5.85. The van der Waals surface area contributed by atoms with Crippen LogP contribution in [0.4, 0.5) is 0 Å². The van der Waals surface area contributed by atoms with Crippen LogP contribution >= 0.6 is 24.8 Å². The molecular formula is C18H32Cl2N2O3. The van der Waals surface area contributed by atoms with Gasteiger partial charge in [-0.3, -0.25) is 4.90 Å². The Hall–Kier alpha value is -0.880. The number of piperazine rings is 1. The van der Waals surface area contributed by atoms with Crippen molar-refractivity contribution >= 4 is 24.8 Å². The van der Waals surface area contributed by atoms with E-state index in [1.54, 1.807) is 21.3 Å². The number of nitrogens with zero attached hydrogens (tertiary/aromatic N) is 1. The summed E-state index contributed by atoms with van der Waals surface area (Å²) in [5.74, 6) is 2.70. The Balaban J connectivity index is 0.00000288. The molecule has 2 rings (SSSR count). The largest absolute Gasteiger partial charge is 0.493 e. The van der Waals surface area contributed by atoms with Crippen LogP contribution in [0.2, 0.25) is 0 Å². The number of halogens is 2. The molecule has 0 bridgehead atoms. The summed E-state index contributed by atoms with van der Waals surface area (Å²) in [7, 11) is 5.01. The molecule has 1 heterocycles. The summed E-state index contributed by atoms with van der Waals surface area (Å²) < 4.78 is 16.7. The predicted molar refractivity (Wildman–Crippen MR) is 107 cm³/mol. The fourth-order valence-corrected chi connectivity index (χ4v) is 3.40. The van der Waals surface area contributed by atoms with Crippen LogP contribution in [-0.4, -0.2) is 52.4 Å². The van der Waals surface area contributed by atoms with Gasteiger partial charge in [-0.15, -0.1) is 24.8 Å². The highest BCUT2D eigenvalue weighted by atomic mass is 35.5. The Bertz CT molecular complexity index is 511. The minimum Gasteiger partial charge on any atom is -0.493 e. The molecular weight excluding hydrogens is 363 g/mol. The van der Waals surface area contributed by atoms with Crippen molar-refractivity contribution in [1.82, 2.24) is 10.2 Å². The number of methoxy groups -OCH3 is 3.